The van der Waals surface area contributed by atoms with Crippen molar-refractivity contribution in [1.82, 2.24) is 4.72 Å². The van der Waals surface area contributed by atoms with Gasteiger partial charge < -0.3 is 0 Å². The Morgan fingerprint density at radius 3 is 2.67 bits per heavy atom. The van der Waals surface area contributed by atoms with Gasteiger partial charge in [0.1, 0.15) is 5.04 Å². The average Bonchev–Trinajstić information content (AvgIpc) is 2.05. The lowest BCUT2D eigenvalue weighted by molar-refractivity contribution is 1.31. The Labute approximate surface area is 77.0 Å². The van der Waals surface area contributed by atoms with Gasteiger partial charge in [-0.05, 0) is 31.5 Å². The molecule has 0 saturated heterocycles. The Balaban J connectivity index is 2.87. The van der Waals surface area contributed by atoms with Gasteiger partial charge in [0, 0.05) is 5.56 Å². The van der Waals surface area contributed by atoms with E-state index < -0.39 is 0 Å². The van der Waals surface area contributed by atoms with Crippen molar-refractivity contribution in [3.05, 3.63) is 35.4 Å². The molecule has 0 aromatic heterocycles. The third-order valence-electron chi connectivity index (χ3n) is 1.59. The fourth-order valence-electron chi connectivity index (χ4n) is 0.985. The highest BCUT2D eigenvalue weighted by Crippen LogP contribution is 2.12. The van der Waals surface area contributed by atoms with Gasteiger partial charge in [-0.25, -0.2) is 0 Å². The smallest absolute Gasteiger partial charge is 0.110 e. The Kier molecular flexibility index (Phi) is 3.31. The van der Waals surface area contributed by atoms with Crippen LogP contribution in [0.2, 0.25) is 0 Å². The summed E-state index contributed by atoms with van der Waals surface area (Å²) in [5, 5.41) is 8.24. The largest absolute Gasteiger partial charge is 0.292 e. The van der Waals surface area contributed by atoms with Gasteiger partial charge in [-0.1, -0.05) is 24.3 Å². The van der Waals surface area contributed by atoms with Crippen LogP contribution in [0.3, 0.4) is 0 Å². The van der Waals surface area contributed by atoms with Crippen LogP contribution in [0.15, 0.2) is 24.3 Å². The Morgan fingerprint density at radius 1 is 1.42 bits per heavy atom. The third-order valence-corrected chi connectivity index (χ3v) is 2.22. The van der Waals surface area contributed by atoms with Crippen LogP contribution in [0, 0.1) is 12.3 Å². The molecule has 0 atom stereocenters. The summed E-state index contributed by atoms with van der Waals surface area (Å²) in [6.07, 6.45) is 0. The molecule has 0 radical (unpaired) electrons. The molecule has 0 fully saturated rings. The van der Waals surface area contributed by atoms with Crippen LogP contribution < -0.4 is 4.72 Å². The quantitative estimate of drug-likeness (QED) is 0.416. The zero-order chi connectivity index (χ0) is 8.97. The summed E-state index contributed by atoms with van der Waals surface area (Å²) in [6, 6.07) is 7.91. The van der Waals surface area contributed by atoms with E-state index in [-0.39, 0.29) is 0 Å². The lowest BCUT2D eigenvalue weighted by atomic mass is 10.1. The predicted octanol–water partition coefficient (Wildman–Crippen LogP) is 2.19. The first-order chi connectivity index (χ1) is 5.75. The molecule has 0 spiro atoms. The van der Waals surface area contributed by atoms with Crippen LogP contribution in [-0.2, 0) is 0 Å². The number of aryl methyl sites for hydroxylation is 1. The van der Waals surface area contributed by atoms with Crippen molar-refractivity contribution < 1.29 is 0 Å². The number of hydrogen-bond acceptors (Lipinski definition) is 3. The molecule has 0 aliphatic heterocycles. The van der Waals surface area contributed by atoms with Crippen LogP contribution in [-0.4, -0.2) is 12.1 Å². The monoisotopic (exact) mass is 180 g/mol. The van der Waals surface area contributed by atoms with E-state index in [2.05, 4.69) is 4.72 Å². The normalized spacial score (nSPS) is 9.83. The molecule has 0 aliphatic carbocycles. The van der Waals surface area contributed by atoms with Crippen LogP contribution in [0.25, 0.3) is 0 Å². The van der Waals surface area contributed by atoms with Crippen LogP contribution in [0.4, 0.5) is 0 Å². The topological polar surface area (TPSA) is 35.9 Å². The highest BCUT2D eigenvalue weighted by atomic mass is 32.2. The second-order valence-corrected chi connectivity index (χ2v) is 3.47. The lowest BCUT2D eigenvalue weighted by Gasteiger charge is -2.04. The SMILES string of the molecule is CNSC(=N)c1ccccc1C. The Hall–Kier alpha value is -0.800. The summed E-state index contributed by atoms with van der Waals surface area (Å²) >= 11 is 1.33. The van der Waals surface area contributed by atoms with Gasteiger partial charge in [0.25, 0.3) is 0 Å². The fourth-order valence-corrected chi connectivity index (χ4v) is 1.53. The molecule has 0 aliphatic rings. The summed E-state index contributed by atoms with van der Waals surface area (Å²) in [6.45, 7) is 2.01. The molecule has 3 heteroatoms. The summed E-state index contributed by atoms with van der Waals surface area (Å²) in [5.74, 6) is 0. The van der Waals surface area contributed by atoms with Crippen molar-refractivity contribution in [2.45, 2.75) is 6.92 Å². The molecule has 1 aromatic carbocycles. The van der Waals surface area contributed by atoms with Crippen LogP contribution >= 0.6 is 11.9 Å². The van der Waals surface area contributed by atoms with Crippen molar-refractivity contribution in [3.8, 4) is 0 Å². The van der Waals surface area contributed by atoms with E-state index in [1.165, 1.54) is 11.9 Å². The summed E-state index contributed by atoms with van der Waals surface area (Å²) in [7, 11) is 1.82. The molecule has 12 heavy (non-hydrogen) atoms. The molecule has 64 valence electrons. The minimum Gasteiger partial charge on any atom is -0.292 e. The molecular formula is C9H12N2S. The molecular weight excluding hydrogens is 168 g/mol. The molecule has 1 aromatic rings. The van der Waals surface area contributed by atoms with E-state index in [4.69, 9.17) is 5.41 Å². The van der Waals surface area contributed by atoms with Gasteiger partial charge >= 0.3 is 0 Å². The second kappa shape index (κ2) is 4.28. The minimum atomic E-state index is 0.565. The van der Waals surface area contributed by atoms with E-state index in [1.54, 1.807) is 0 Å². The summed E-state index contributed by atoms with van der Waals surface area (Å²) in [4.78, 5) is 0. The van der Waals surface area contributed by atoms with Crippen LogP contribution in [0.5, 0.6) is 0 Å². The van der Waals surface area contributed by atoms with E-state index in [0.717, 1.165) is 11.1 Å². The Bertz CT molecular complexity index is 284. The first kappa shape index (κ1) is 9.29. The number of hydrogen-bond donors (Lipinski definition) is 2. The van der Waals surface area contributed by atoms with Crippen molar-refractivity contribution in [2.24, 2.45) is 0 Å². The first-order valence-corrected chi connectivity index (χ1v) is 4.55. The van der Waals surface area contributed by atoms with Crippen molar-refractivity contribution in [3.63, 3.8) is 0 Å². The molecule has 2 N–H and O–H groups in total. The zero-order valence-corrected chi connectivity index (χ0v) is 8.03. The van der Waals surface area contributed by atoms with E-state index in [1.807, 2.05) is 38.2 Å². The van der Waals surface area contributed by atoms with E-state index in [0.29, 0.717) is 5.04 Å². The molecule has 0 amide bonds. The standard InChI is InChI=1S/C9H12N2S/c1-7-5-3-4-6-8(7)9(10)12-11-2/h3-6,10-11H,1-2H3. The van der Waals surface area contributed by atoms with Gasteiger partial charge in [0.15, 0.2) is 0 Å². The van der Waals surface area contributed by atoms with Crippen molar-refractivity contribution in [1.29, 1.82) is 5.41 Å². The van der Waals surface area contributed by atoms with Gasteiger partial charge in [-0.2, -0.15) is 0 Å². The average molecular weight is 180 g/mol. The molecule has 2 nitrogen and oxygen atoms in total. The molecule has 0 bridgehead atoms. The lowest BCUT2D eigenvalue weighted by Crippen LogP contribution is -2.03. The van der Waals surface area contributed by atoms with E-state index >= 15 is 0 Å². The number of benzene rings is 1. The van der Waals surface area contributed by atoms with Gasteiger partial charge in [0.05, 0.1) is 0 Å². The maximum absolute atomic E-state index is 7.67. The highest BCUT2D eigenvalue weighted by Gasteiger charge is 2.02. The highest BCUT2D eigenvalue weighted by molar-refractivity contribution is 8.12. The number of nitrogens with one attached hydrogen (secondary N) is 2. The first-order valence-electron chi connectivity index (χ1n) is 3.74. The maximum Gasteiger partial charge on any atom is 0.110 e. The van der Waals surface area contributed by atoms with Gasteiger partial charge in [0.2, 0.25) is 0 Å². The zero-order valence-electron chi connectivity index (χ0n) is 7.22. The molecule has 1 rings (SSSR count). The van der Waals surface area contributed by atoms with Crippen molar-refractivity contribution in [2.75, 3.05) is 7.05 Å². The molecule has 0 saturated carbocycles. The maximum atomic E-state index is 7.67. The summed E-state index contributed by atoms with van der Waals surface area (Å²) in [5.41, 5.74) is 2.14. The Morgan fingerprint density at radius 2 is 2.08 bits per heavy atom. The third kappa shape index (κ3) is 2.09. The molecule has 0 heterocycles. The molecule has 0 unspecified atom stereocenters. The minimum absolute atomic E-state index is 0.565. The second-order valence-electron chi connectivity index (χ2n) is 2.45. The predicted molar refractivity (Wildman–Crippen MR) is 54.7 cm³/mol. The van der Waals surface area contributed by atoms with Gasteiger partial charge in [-0.3, -0.25) is 10.1 Å². The van der Waals surface area contributed by atoms with E-state index in [9.17, 15) is 0 Å². The summed E-state index contributed by atoms with van der Waals surface area (Å²) < 4.78 is 2.89. The number of rotatable bonds is 2. The van der Waals surface area contributed by atoms with Gasteiger partial charge in [-0.15, -0.1) is 0 Å². The van der Waals surface area contributed by atoms with Crippen molar-refractivity contribution >= 4 is 17.0 Å². The fraction of sp³-hybridized carbons (Fsp3) is 0.222. The van der Waals surface area contributed by atoms with Crippen LogP contribution in [0.1, 0.15) is 11.1 Å².